The van der Waals surface area contributed by atoms with E-state index in [1.54, 1.807) is 0 Å². The fourth-order valence-corrected chi connectivity index (χ4v) is 3.45. The Hall–Kier alpha value is -1.69. The minimum absolute atomic E-state index is 0.0398. The molecule has 1 heterocycles. The van der Waals surface area contributed by atoms with Gasteiger partial charge in [-0.15, -0.1) is 0 Å². The van der Waals surface area contributed by atoms with Gasteiger partial charge in [0.1, 0.15) is 0 Å². The second kappa shape index (κ2) is 7.92. The Labute approximate surface area is 150 Å². The van der Waals surface area contributed by atoms with E-state index in [1.807, 2.05) is 42.5 Å². The van der Waals surface area contributed by atoms with Gasteiger partial charge in [-0.05, 0) is 42.7 Å². The van der Waals surface area contributed by atoms with Gasteiger partial charge in [-0.1, -0.05) is 46.3 Å². The van der Waals surface area contributed by atoms with E-state index in [2.05, 4.69) is 38.7 Å². The van der Waals surface area contributed by atoms with Crippen LogP contribution in [0.25, 0.3) is 0 Å². The Morgan fingerprint density at radius 1 is 1.08 bits per heavy atom. The minimum atomic E-state index is -0.226. The molecule has 0 unspecified atom stereocenters. The maximum atomic E-state index is 12.3. The zero-order valence-electron chi connectivity index (χ0n) is 13.4. The summed E-state index contributed by atoms with van der Waals surface area (Å²) in [5, 5.41) is 6.41. The van der Waals surface area contributed by atoms with E-state index >= 15 is 0 Å². The molecule has 1 aliphatic rings. The SMILES string of the molecule is O=C(CNC1(c2cccc(Br)c2)CCOCC1)Nc1ccccc1. The van der Waals surface area contributed by atoms with Crippen LogP contribution in [-0.2, 0) is 15.1 Å². The number of anilines is 1. The second-order valence-electron chi connectivity index (χ2n) is 5.97. The lowest BCUT2D eigenvalue weighted by molar-refractivity contribution is -0.116. The third-order valence-corrected chi connectivity index (χ3v) is 4.86. The van der Waals surface area contributed by atoms with Crippen LogP contribution in [-0.4, -0.2) is 25.7 Å². The fraction of sp³-hybridized carbons (Fsp3) is 0.316. The molecule has 3 rings (SSSR count). The second-order valence-corrected chi connectivity index (χ2v) is 6.89. The molecule has 1 aliphatic heterocycles. The summed E-state index contributed by atoms with van der Waals surface area (Å²) in [6.07, 6.45) is 1.70. The van der Waals surface area contributed by atoms with Crippen molar-refractivity contribution in [1.29, 1.82) is 0 Å². The Morgan fingerprint density at radius 3 is 2.54 bits per heavy atom. The fourth-order valence-electron chi connectivity index (χ4n) is 3.05. The van der Waals surface area contributed by atoms with Crippen molar-refractivity contribution >= 4 is 27.5 Å². The smallest absolute Gasteiger partial charge is 0.238 e. The average molecular weight is 389 g/mol. The van der Waals surface area contributed by atoms with E-state index in [4.69, 9.17) is 4.74 Å². The average Bonchev–Trinajstić information content (AvgIpc) is 2.62. The molecule has 1 fully saturated rings. The van der Waals surface area contributed by atoms with Crippen molar-refractivity contribution in [3.05, 3.63) is 64.6 Å². The summed E-state index contributed by atoms with van der Waals surface area (Å²) in [6.45, 7) is 1.65. The van der Waals surface area contributed by atoms with Gasteiger partial charge in [-0.25, -0.2) is 0 Å². The number of carbonyl (C=O) groups excluding carboxylic acids is 1. The Balaban J connectivity index is 1.70. The van der Waals surface area contributed by atoms with Gasteiger partial charge < -0.3 is 10.1 Å². The summed E-state index contributed by atoms with van der Waals surface area (Å²) in [5.74, 6) is -0.0398. The highest BCUT2D eigenvalue weighted by molar-refractivity contribution is 9.10. The summed E-state index contributed by atoms with van der Waals surface area (Å²) in [7, 11) is 0. The number of halogens is 1. The molecule has 0 aromatic heterocycles. The van der Waals surface area contributed by atoms with E-state index < -0.39 is 0 Å². The predicted octanol–water partition coefficient (Wildman–Crippen LogP) is 3.68. The molecule has 0 bridgehead atoms. The van der Waals surface area contributed by atoms with Crippen LogP contribution in [0.15, 0.2) is 59.1 Å². The van der Waals surface area contributed by atoms with Crippen molar-refractivity contribution in [2.45, 2.75) is 18.4 Å². The van der Waals surface area contributed by atoms with Gasteiger partial charge in [-0.3, -0.25) is 10.1 Å². The lowest BCUT2D eigenvalue weighted by atomic mass is 9.82. The van der Waals surface area contributed by atoms with Crippen LogP contribution in [0, 0.1) is 0 Å². The van der Waals surface area contributed by atoms with E-state index in [0.29, 0.717) is 13.2 Å². The molecule has 24 heavy (non-hydrogen) atoms. The summed E-state index contributed by atoms with van der Waals surface area (Å²) < 4.78 is 6.57. The van der Waals surface area contributed by atoms with Crippen LogP contribution < -0.4 is 10.6 Å². The van der Waals surface area contributed by atoms with Crippen LogP contribution in [0.4, 0.5) is 5.69 Å². The zero-order valence-corrected chi connectivity index (χ0v) is 15.0. The van der Waals surface area contributed by atoms with E-state index in [1.165, 1.54) is 5.56 Å². The van der Waals surface area contributed by atoms with Crippen molar-refractivity contribution in [3.8, 4) is 0 Å². The van der Waals surface area contributed by atoms with Gasteiger partial charge in [0.25, 0.3) is 0 Å². The largest absolute Gasteiger partial charge is 0.381 e. The number of benzene rings is 2. The minimum Gasteiger partial charge on any atom is -0.381 e. The molecule has 5 heteroatoms. The molecule has 0 saturated carbocycles. The third-order valence-electron chi connectivity index (χ3n) is 4.37. The summed E-state index contributed by atoms with van der Waals surface area (Å²) >= 11 is 3.54. The predicted molar refractivity (Wildman–Crippen MR) is 98.9 cm³/mol. The third kappa shape index (κ3) is 4.23. The van der Waals surface area contributed by atoms with Gasteiger partial charge in [0.2, 0.25) is 5.91 Å². The first-order valence-corrected chi connectivity index (χ1v) is 8.91. The molecule has 126 valence electrons. The number of amides is 1. The Morgan fingerprint density at radius 2 is 1.83 bits per heavy atom. The van der Waals surface area contributed by atoms with Crippen LogP contribution in [0.2, 0.25) is 0 Å². The van der Waals surface area contributed by atoms with Gasteiger partial charge in [0.15, 0.2) is 0 Å². The number of rotatable bonds is 5. The van der Waals surface area contributed by atoms with Crippen LogP contribution >= 0.6 is 15.9 Å². The molecule has 2 aromatic rings. The quantitative estimate of drug-likeness (QED) is 0.820. The van der Waals surface area contributed by atoms with Gasteiger partial charge in [-0.2, -0.15) is 0 Å². The topological polar surface area (TPSA) is 50.4 Å². The molecule has 2 aromatic carbocycles. The molecular weight excluding hydrogens is 368 g/mol. The molecular formula is C19H21BrN2O2. The van der Waals surface area contributed by atoms with Crippen molar-refractivity contribution in [1.82, 2.24) is 5.32 Å². The van der Waals surface area contributed by atoms with E-state index in [0.717, 1.165) is 23.0 Å². The highest BCUT2D eigenvalue weighted by Gasteiger charge is 2.34. The summed E-state index contributed by atoms with van der Waals surface area (Å²) in [4.78, 5) is 12.3. The van der Waals surface area contributed by atoms with Crippen molar-refractivity contribution < 1.29 is 9.53 Å². The van der Waals surface area contributed by atoms with Crippen LogP contribution in [0.1, 0.15) is 18.4 Å². The van der Waals surface area contributed by atoms with Crippen LogP contribution in [0.5, 0.6) is 0 Å². The highest BCUT2D eigenvalue weighted by Crippen LogP contribution is 2.33. The van der Waals surface area contributed by atoms with E-state index in [9.17, 15) is 4.79 Å². The first-order valence-electron chi connectivity index (χ1n) is 8.12. The first kappa shape index (κ1) is 17.1. The van der Waals surface area contributed by atoms with Crippen LogP contribution in [0.3, 0.4) is 0 Å². The number of hydrogen-bond donors (Lipinski definition) is 2. The maximum absolute atomic E-state index is 12.3. The van der Waals surface area contributed by atoms with Gasteiger partial charge in [0, 0.05) is 28.9 Å². The number of hydrogen-bond acceptors (Lipinski definition) is 3. The molecule has 1 saturated heterocycles. The molecule has 4 nitrogen and oxygen atoms in total. The normalized spacial score (nSPS) is 16.5. The summed E-state index contributed by atoms with van der Waals surface area (Å²) in [5.41, 5.74) is 1.77. The van der Waals surface area contributed by atoms with Gasteiger partial charge >= 0.3 is 0 Å². The zero-order chi connectivity index (χ0) is 16.8. The van der Waals surface area contributed by atoms with Gasteiger partial charge in [0.05, 0.1) is 6.54 Å². The molecule has 0 atom stereocenters. The first-order chi connectivity index (χ1) is 11.7. The van der Waals surface area contributed by atoms with E-state index in [-0.39, 0.29) is 18.0 Å². The lowest BCUT2D eigenvalue weighted by Crippen LogP contribution is -2.49. The monoisotopic (exact) mass is 388 g/mol. The molecule has 0 spiro atoms. The van der Waals surface area contributed by atoms with Crippen molar-refractivity contribution in [2.75, 3.05) is 25.1 Å². The molecule has 2 N–H and O–H groups in total. The molecule has 0 aliphatic carbocycles. The Bertz CT molecular complexity index is 685. The molecule has 1 amide bonds. The highest BCUT2D eigenvalue weighted by atomic mass is 79.9. The molecule has 0 radical (unpaired) electrons. The lowest BCUT2D eigenvalue weighted by Gasteiger charge is -2.38. The summed E-state index contributed by atoms with van der Waals surface area (Å²) in [6, 6.07) is 17.8. The number of carbonyl (C=O) groups is 1. The standard InChI is InChI=1S/C19H21BrN2O2/c20-16-6-4-5-15(13-16)19(9-11-24-12-10-19)21-14-18(23)22-17-7-2-1-3-8-17/h1-8,13,21H,9-12,14H2,(H,22,23). The number of ether oxygens (including phenoxy) is 1. The number of nitrogens with one attached hydrogen (secondary N) is 2. The van der Waals surface area contributed by atoms with Crippen molar-refractivity contribution in [2.24, 2.45) is 0 Å². The maximum Gasteiger partial charge on any atom is 0.238 e. The Kier molecular flexibility index (Phi) is 5.66. The number of para-hydroxylation sites is 1. The van der Waals surface area contributed by atoms with Crippen molar-refractivity contribution in [3.63, 3.8) is 0 Å².